The number of aliphatic carboxylic acids is 1. The second-order valence-corrected chi connectivity index (χ2v) is 6.03. The molecule has 0 saturated heterocycles. The van der Waals surface area contributed by atoms with Crippen molar-refractivity contribution in [1.29, 1.82) is 0 Å². The first kappa shape index (κ1) is 16.0. The molecule has 1 unspecified atom stereocenters. The number of carbonyl (C=O) groups excluding carboxylic acids is 1. The largest absolute Gasteiger partial charge is 0.495 e. The van der Waals surface area contributed by atoms with Gasteiger partial charge in [-0.05, 0) is 12.1 Å². The van der Waals surface area contributed by atoms with Crippen LogP contribution in [0.25, 0.3) is 0 Å². The third-order valence-corrected chi connectivity index (χ3v) is 4.25. The predicted octanol–water partition coefficient (Wildman–Crippen LogP) is 0.0582. The van der Waals surface area contributed by atoms with Crippen molar-refractivity contribution in [1.82, 2.24) is 5.32 Å². The van der Waals surface area contributed by atoms with Gasteiger partial charge in [0.15, 0.2) is 9.84 Å². The van der Waals surface area contributed by atoms with Crippen LogP contribution in [0.5, 0.6) is 5.75 Å². The van der Waals surface area contributed by atoms with Crippen molar-refractivity contribution >= 4 is 21.7 Å². The van der Waals surface area contributed by atoms with Crippen LogP contribution in [0.2, 0.25) is 0 Å². The second kappa shape index (κ2) is 6.38. The fourth-order valence-corrected chi connectivity index (χ4v) is 3.19. The van der Waals surface area contributed by atoms with Crippen LogP contribution in [-0.2, 0) is 19.4 Å². The van der Waals surface area contributed by atoms with Gasteiger partial charge in [-0.3, -0.25) is 4.79 Å². The number of methoxy groups -OCH3 is 1. The highest BCUT2D eigenvalue weighted by molar-refractivity contribution is 7.91. The molecule has 0 spiro atoms. The average Bonchev–Trinajstić information content (AvgIpc) is 2.37. The van der Waals surface area contributed by atoms with E-state index in [2.05, 4.69) is 5.32 Å². The van der Waals surface area contributed by atoms with Crippen molar-refractivity contribution in [3.63, 3.8) is 0 Å². The molecule has 0 heterocycles. The van der Waals surface area contributed by atoms with Gasteiger partial charge in [0.25, 0.3) is 0 Å². The first-order valence-corrected chi connectivity index (χ1v) is 7.29. The molecule has 0 fully saturated rings. The molecular weight excluding hydrogens is 286 g/mol. The molecule has 2 N–H and O–H groups in total. The number of carbonyl (C=O) groups is 2. The first-order chi connectivity index (χ1) is 9.27. The molecule has 1 aromatic carbocycles. The highest BCUT2D eigenvalue weighted by atomic mass is 32.2. The third-order valence-electron chi connectivity index (χ3n) is 2.47. The molecule has 0 bridgehead atoms. The van der Waals surface area contributed by atoms with Crippen molar-refractivity contribution < 1.29 is 27.9 Å². The van der Waals surface area contributed by atoms with E-state index in [0.717, 1.165) is 6.92 Å². The lowest BCUT2D eigenvalue weighted by Gasteiger charge is -2.15. The molecular formula is C12H15NO6S. The van der Waals surface area contributed by atoms with E-state index in [1.807, 2.05) is 0 Å². The number of sulfone groups is 1. The number of carboxylic acids is 1. The van der Waals surface area contributed by atoms with E-state index in [-0.39, 0.29) is 10.6 Å². The molecule has 0 aliphatic carbocycles. The Labute approximate surface area is 116 Å². The van der Waals surface area contributed by atoms with Gasteiger partial charge >= 0.3 is 5.97 Å². The Balaban J connectivity index is 3.09. The standard InChI is InChI=1S/C12H15NO6S/c1-8(14)13-9(12(15)16)7-20(17,18)11-6-4-3-5-10(11)19-2/h3-6,9H,7H2,1-2H3,(H,13,14)(H,15,16). The smallest absolute Gasteiger partial charge is 0.327 e. The van der Waals surface area contributed by atoms with Crippen LogP contribution in [0.4, 0.5) is 0 Å². The average molecular weight is 301 g/mol. The maximum Gasteiger partial charge on any atom is 0.327 e. The molecule has 8 heteroatoms. The topological polar surface area (TPSA) is 110 Å². The second-order valence-electron chi connectivity index (χ2n) is 4.02. The number of benzene rings is 1. The number of nitrogens with one attached hydrogen (secondary N) is 1. The fraction of sp³-hybridized carbons (Fsp3) is 0.333. The van der Waals surface area contributed by atoms with Gasteiger partial charge in [-0.1, -0.05) is 12.1 Å². The van der Waals surface area contributed by atoms with Gasteiger partial charge in [-0.15, -0.1) is 0 Å². The Morgan fingerprint density at radius 3 is 2.45 bits per heavy atom. The third kappa shape index (κ3) is 3.95. The Morgan fingerprint density at radius 1 is 1.35 bits per heavy atom. The van der Waals surface area contributed by atoms with Gasteiger partial charge < -0.3 is 15.2 Å². The highest BCUT2D eigenvalue weighted by Crippen LogP contribution is 2.24. The summed E-state index contributed by atoms with van der Waals surface area (Å²) in [5.41, 5.74) is 0. The normalized spacial score (nSPS) is 12.5. The molecule has 1 atom stereocenters. The molecule has 0 aliphatic rings. The Bertz CT molecular complexity index is 610. The lowest BCUT2D eigenvalue weighted by atomic mass is 10.3. The minimum Gasteiger partial charge on any atom is -0.495 e. The zero-order valence-electron chi connectivity index (χ0n) is 11.0. The molecule has 0 aliphatic heterocycles. The molecule has 1 aromatic rings. The number of carboxylic acid groups (broad SMARTS) is 1. The van der Waals surface area contributed by atoms with Crippen LogP contribution >= 0.6 is 0 Å². The number of ether oxygens (including phenoxy) is 1. The van der Waals surface area contributed by atoms with E-state index in [0.29, 0.717) is 0 Å². The van der Waals surface area contributed by atoms with Gasteiger partial charge in [0.1, 0.15) is 16.7 Å². The lowest BCUT2D eigenvalue weighted by Crippen LogP contribution is -2.44. The van der Waals surface area contributed by atoms with Crippen LogP contribution < -0.4 is 10.1 Å². The van der Waals surface area contributed by atoms with E-state index >= 15 is 0 Å². The van der Waals surface area contributed by atoms with Gasteiger partial charge in [0.2, 0.25) is 5.91 Å². The summed E-state index contributed by atoms with van der Waals surface area (Å²) in [6.07, 6.45) is 0. The van der Waals surface area contributed by atoms with Crippen LogP contribution in [0, 0.1) is 0 Å². The summed E-state index contributed by atoms with van der Waals surface area (Å²) in [6, 6.07) is 4.37. The molecule has 7 nitrogen and oxygen atoms in total. The van der Waals surface area contributed by atoms with Crippen molar-refractivity contribution in [2.75, 3.05) is 12.9 Å². The summed E-state index contributed by atoms with van der Waals surface area (Å²) < 4.78 is 29.4. The van der Waals surface area contributed by atoms with Gasteiger partial charge in [0.05, 0.1) is 12.9 Å². The van der Waals surface area contributed by atoms with Crippen molar-refractivity contribution in [2.45, 2.75) is 17.9 Å². The summed E-state index contributed by atoms with van der Waals surface area (Å²) in [5.74, 6) is -2.66. The van der Waals surface area contributed by atoms with E-state index in [9.17, 15) is 18.0 Å². The number of rotatable bonds is 6. The number of hydrogen-bond acceptors (Lipinski definition) is 5. The summed E-state index contributed by atoms with van der Waals surface area (Å²) in [7, 11) is -2.60. The molecule has 1 rings (SSSR count). The molecule has 20 heavy (non-hydrogen) atoms. The van der Waals surface area contributed by atoms with Gasteiger partial charge in [-0.2, -0.15) is 0 Å². The Hall–Kier alpha value is -2.09. The van der Waals surface area contributed by atoms with E-state index in [1.54, 1.807) is 6.07 Å². The zero-order valence-corrected chi connectivity index (χ0v) is 11.8. The van der Waals surface area contributed by atoms with Crippen molar-refractivity contribution in [3.8, 4) is 5.75 Å². The summed E-state index contributed by atoms with van der Waals surface area (Å²) in [6.45, 7) is 1.12. The van der Waals surface area contributed by atoms with Crippen LogP contribution in [0.3, 0.4) is 0 Å². The minimum atomic E-state index is -3.91. The first-order valence-electron chi connectivity index (χ1n) is 5.63. The van der Waals surface area contributed by atoms with E-state index in [4.69, 9.17) is 9.84 Å². The van der Waals surface area contributed by atoms with Crippen LogP contribution in [0.1, 0.15) is 6.92 Å². The van der Waals surface area contributed by atoms with E-state index < -0.39 is 33.5 Å². The zero-order chi connectivity index (χ0) is 15.3. The molecule has 110 valence electrons. The summed E-state index contributed by atoms with van der Waals surface area (Å²) in [4.78, 5) is 21.8. The molecule has 0 radical (unpaired) electrons. The highest BCUT2D eigenvalue weighted by Gasteiger charge is 2.29. The van der Waals surface area contributed by atoms with Gasteiger partial charge in [-0.25, -0.2) is 13.2 Å². The monoisotopic (exact) mass is 301 g/mol. The lowest BCUT2D eigenvalue weighted by molar-refractivity contribution is -0.140. The van der Waals surface area contributed by atoms with Crippen LogP contribution in [-0.4, -0.2) is 44.3 Å². The van der Waals surface area contributed by atoms with E-state index in [1.165, 1.54) is 25.3 Å². The minimum absolute atomic E-state index is 0.112. The fourth-order valence-electron chi connectivity index (χ4n) is 1.60. The Kier molecular flexibility index (Phi) is 5.09. The number of amides is 1. The molecule has 0 saturated carbocycles. The SMILES string of the molecule is COc1ccccc1S(=O)(=O)CC(NC(C)=O)C(=O)O. The van der Waals surface area contributed by atoms with Crippen molar-refractivity contribution in [3.05, 3.63) is 24.3 Å². The maximum absolute atomic E-state index is 12.2. The molecule has 0 aromatic heterocycles. The number of hydrogen-bond donors (Lipinski definition) is 2. The Morgan fingerprint density at radius 2 is 1.95 bits per heavy atom. The van der Waals surface area contributed by atoms with Gasteiger partial charge in [0, 0.05) is 6.92 Å². The maximum atomic E-state index is 12.2. The number of para-hydroxylation sites is 1. The summed E-state index contributed by atoms with van der Waals surface area (Å²) >= 11 is 0. The quantitative estimate of drug-likeness (QED) is 0.768. The summed E-state index contributed by atoms with van der Waals surface area (Å²) in [5, 5.41) is 11.0. The van der Waals surface area contributed by atoms with Crippen molar-refractivity contribution in [2.24, 2.45) is 0 Å². The predicted molar refractivity (Wildman–Crippen MR) is 70.3 cm³/mol. The van der Waals surface area contributed by atoms with Crippen LogP contribution in [0.15, 0.2) is 29.2 Å². The molecule has 1 amide bonds.